The molecular weight excluding hydrogens is 260 g/mol. The Hall–Kier alpha value is -2.01. The Kier molecular flexibility index (Phi) is 7.21. The number of carbonyl (C=O) groups is 1. The van der Waals surface area contributed by atoms with Crippen LogP contribution in [0.5, 0.6) is 11.5 Å². The first-order valence-corrected chi connectivity index (χ1v) is 6.47. The molecule has 0 aliphatic rings. The molecule has 5 heteroatoms. The van der Waals surface area contributed by atoms with Gasteiger partial charge in [-0.3, -0.25) is 0 Å². The average molecular weight is 280 g/mol. The van der Waals surface area contributed by atoms with E-state index in [4.69, 9.17) is 19.3 Å². The molecule has 0 amide bonds. The Morgan fingerprint density at radius 2 is 2.05 bits per heavy atom. The third-order valence-corrected chi connectivity index (χ3v) is 2.41. The van der Waals surface area contributed by atoms with Gasteiger partial charge >= 0.3 is 5.97 Å². The molecule has 1 rings (SSSR count). The largest absolute Gasteiger partial charge is 0.493 e. The molecule has 20 heavy (non-hydrogen) atoms. The minimum atomic E-state index is -1.00. The van der Waals surface area contributed by atoms with Gasteiger partial charge in [-0.15, -0.1) is 0 Å². The number of benzene rings is 1. The van der Waals surface area contributed by atoms with Crippen LogP contribution in [0.2, 0.25) is 0 Å². The van der Waals surface area contributed by atoms with Crippen LogP contribution in [0.4, 0.5) is 0 Å². The number of ether oxygens (including phenoxy) is 3. The van der Waals surface area contributed by atoms with Crippen LogP contribution in [-0.4, -0.2) is 38.0 Å². The highest BCUT2D eigenvalue weighted by atomic mass is 16.5. The zero-order valence-corrected chi connectivity index (χ0v) is 11.8. The van der Waals surface area contributed by atoms with Crippen molar-refractivity contribution in [2.45, 2.75) is 13.3 Å². The van der Waals surface area contributed by atoms with E-state index in [2.05, 4.69) is 0 Å². The Morgan fingerprint density at radius 3 is 2.70 bits per heavy atom. The summed E-state index contributed by atoms with van der Waals surface area (Å²) in [4.78, 5) is 10.6. The van der Waals surface area contributed by atoms with Crippen LogP contribution < -0.4 is 9.47 Å². The molecule has 0 heterocycles. The maximum Gasteiger partial charge on any atom is 0.328 e. The molecule has 110 valence electrons. The van der Waals surface area contributed by atoms with Gasteiger partial charge < -0.3 is 19.3 Å². The van der Waals surface area contributed by atoms with E-state index in [0.717, 1.165) is 12.5 Å². The first-order valence-electron chi connectivity index (χ1n) is 6.47. The Balaban J connectivity index is 2.87. The third-order valence-electron chi connectivity index (χ3n) is 2.41. The summed E-state index contributed by atoms with van der Waals surface area (Å²) in [5, 5.41) is 8.68. The lowest BCUT2D eigenvalue weighted by molar-refractivity contribution is -0.131. The van der Waals surface area contributed by atoms with Crippen molar-refractivity contribution in [1.29, 1.82) is 0 Å². The fourth-order valence-electron chi connectivity index (χ4n) is 1.48. The van der Waals surface area contributed by atoms with Gasteiger partial charge in [0.2, 0.25) is 0 Å². The molecule has 0 aliphatic carbocycles. The number of carboxylic acid groups (broad SMARTS) is 1. The predicted molar refractivity (Wildman–Crippen MR) is 76.3 cm³/mol. The third kappa shape index (κ3) is 5.75. The lowest BCUT2D eigenvalue weighted by atomic mass is 10.1. The number of aliphatic carboxylic acids is 1. The van der Waals surface area contributed by atoms with Gasteiger partial charge in [0.05, 0.1) is 13.2 Å². The first kappa shape index (κ1) is 16.0. The predicted octanol–water partition coefficient (Wildman–Crippen LogP) is 2.60. The maximum atomic E-state index is 10.6. The summed E-state index contributed by atoms with van der Waals surface area (Å²) in [5.74, 6) is 0.277. The normalized spacial score (nSPS) is 10.7. The van der Waals surface area contributed by atoms with Crippen molar-refractivity contribution in [3.8, 4) is 11.5 Å². The van der Waals surface area contributed by atoms with Gasteiger partial charge in [0.1, 0.15) is 18.1 Å². The highest BCUT2D eigenvalue weighted by Crippen LogP contribution is 2.26. The lowest BCUT2D eigenvalue weighted by Crippen LogP contribution is -2.05. The van der Waals surface area contributed by atoms with Crippen molar-refractivity contribution in [3.63, 3.8) is 0 Å². The fourth-order valence-corrected chi connectivity index (χ4v) is 1.48. The second-order valence-electron chi connectivity index (χ2n) is 4.06. The highest BCUT2D eigenvalue weighted by Gasteiger charge is 2.05. The van der Waals surface area contributed by atoms with E-state index < -0.39 is 5.97 Å². The van der Waals surface area contributed by atoms with Crippen molar-refractivity contribution in [3.05, 3.63) is 29.8 Å². The molecule has 0 radical (unpaired) electrons. The molecule has 0 spiro atoms. The number of hydrogen-bond acceptors (Lipinski definition) is 4. The highest BCUT2D eigenvalue weighted by molar-refractivity contribution is 5.86. The molecule has 0 saturated carbocycles. The van der Waals surface area contributed by atoms with Gasteiger partial charge in [-0.1, -0.05) is 6.92 Å². The van der Waals surface area contributed by atoms with Crippen LogP contribution in [0.1, 0.15) is 18.9 Å². The van der Waals surface area contributed by atoms with E-state index in [1.807, 2.05) is 6.92 Å². The van der Waals surface area contributed by atoms with Crippen molar-refractivity contribution in [1.82, 2.24) is 0 Å². The van der Waals surface area contributed by atoms with Crippen LogP contribution in [-0.2, 0) is 9.53 Å². The minimum absolute atomic E-state index is 0.391. The molecule has 1 aromatic carbocycles. The Bertz CT molecular complexity index is 454. The van der Waals surface area contributed by atoms with Crippen LogP contribution in [0.15, 0.2) is 24.3 Å². The van der Waals surface area contributed by atoms with Crippen molar-refractivity contribution >= 4 is 12.0 Å². The minimum Gasteiger partial charge on any atom is -0.493 e. The first-order chi connectivity index (χ1) is 9.67. The van der Waals surface area contributed by atoms with Gasteiger partial charge in [-0.05, 0) is 24.6 Å². The van der Waals surface area contributed by atoms with Crippen LogP contribution >= 0.6 is 0 Å². The SMILES string of the molecule is CCCOc1ccc(/C=C/C(=O)O)c(OCCOC)c1. The second kappa shape index (κ2) is 8.98. The topological polar surface area (TPSA) is 65.0 Å². The fraction of sp³-hybridized carbons (Fsp3) is 0.400. The molecule has 1 aromatic rings. The molecule has 5 nitrogen and oxygen atoms in total. The van der Waals surface area contributed by atoms with Gasteiger partial charge in [0.25, 0.3) is 0 Å². The second-order valence-corrected chi connectivity index (χ2v) is 4.06. The summed E-state index contributed by atoms with van der Waals surface area (Å²) in [5.41, 5.74) is 0.687. The van der Waals surface area contributed by atoms with Crippen molar-refractivity contribution < 1.29 is 24.1 Å². The number of carboxylic acids is 1. The molecular formula is C15H20O5. The van der Waals surface area contributed by atoms with Crippen LogP contribution in [0.3, 0.4) is 0 Å². The molecule has 0 fully saturated rings. The van der Waals surface area contributed by atoms with E-state index in [1.165, 1.54) is 6.08 Å². The summed E-state index contributed by atoms with van der Waals surface area (Å²) in [6.45, 7) is 3.51. The smallest absolute Gasteiger partial charge is 0.328 e. The average Bonchev–Trinajstić information content (AvgIpc) is 2.44. The molecule has 0 aromatic heterocycles. The summed E-state index contributed by atoms with van der Waals surface area (Å²) in [6.07, 6.45) is 3.49. The molecule has 0 atom stereocenters. The number of methoxy groups -OCH3 is 1. The summed E-state index contributed by atoms with van der Waals surface area (Å²) in [7, 11) is 1.59. The Labute approximate surface area is 118 Å². The standard InChI is InChI=1S/C15H20O5/c1-3-8-19-13-6-4-12(5-7-15(16)17)14(11-13)20-10-9-18-2/h4-7,11H,3,8-10H2,1-2H3,(H,16,17)/b7-5+. The maximum absolute atomic E-state index is 10.6. The van der Waals surface area contributed by atoms with E-state index >= 15 is 0 Å². The van der Waals surface area contributed by atoms with Crippen molar-refractivity contribution in [2.24, 2.45) is 0 Å². The summed E-state index contributed by atoms with van der Waals surface area (Å²) >= 11 is 0. The van der Waals surface area contributed by atoms with Gasteiger partial charge in [-0.25, -0.2) is 4.79 Å². The van der Waals surface area contributed by atoms with Crippen LogP contribution in [0.25, 0.3) is 6.08 Å². The zero-order valence-electron chi connectivity index (χ0n) is 11.8. The summed E-state index contributed by atoms with van der Waals surface area (Å²) in [6, 6.07) is 5.32. The molecule has 1 N–H and O–H groups in total. The lowest BCUT2D eigenvalue weighted by Gasteiger charge is -2.11. The van der Waals surface area contributed by atoms with Gasteiger partial charge in [0, 0.05) is 24.8 Å². The van der Waals surface area contributed by atoms with E-state index in [1.54, 1.807) is 25.3 Å². The van der Waals surface area contributed by atoms with Crippen LogP contribution in [0, 0.1) is 0 Å². The quantitative estimate of drug-likeness (QED) is 0.556. The molecule has 0 saturated heterocycles. The molecule has 0 bridgehead atoms. The zero-order chi connectivity index (χ0) is 14.8. The molecule has 0 aliphatic heterocycles. The van der Waals surface area contributed by atoms with Gasteiger partial charge in [-0.2, -0.15) is 0 Å². The number of hydrogen-bond donors (Lipinski definition) is 1. The molecule has 0 unspecified atom stereocenters. The Morgan fingerprint density at radius 1 is 1.25 bits per heavy atom. The number of rotatable bonds is 9. The van der Waals surface area contributed by atoms with E-state index in [9.17, 15) is 4.79 Å². The monoisotopic (exact) mass is 280 g/mol. The van der Waals surface area contributed by atoms with Gasteiger partial charge in [0.15, 0.2) is 0 Å². The van der Waals surface area contributed by atoms with E-state index in [-0.39, 0.29) is 0 Å². The van der Waals surface area contributed by atoms with Crippen molar-refractivity contribution in [2.75, 3.05) is 26.9 Å². The summed E-state index contributed by atoms with van der Waals surface area (Å²) < 4.78 is 16.0. The van der Waals surface area contributed by atoms with E-state index in [0.29, 0.717) is 36.9 Å².